The van der Waals surface area contributed by atoms with Gasteiger partial charge >= 0.3 is 0 Å². The van der Waals surface area contributed by atoms with Gasteiger partial charge in [-0.1, -0.05) is 30.3 Å². The van der Waals surface area contributed by atoms with Crippen molar-refractivity contribution in [3.8, 4) is 5.75 Å². The smallest absolute Gasteiger partial charge is 0.271 e. The first-order valence-corrected chi connectivity index (χ1v) is 12.2. The molecule has 34 heavy (non-hydrogen) atoms. The number of ether oxygens (including phenoxy) is 1. The Bertz CT molecular complexity index is 1140. The van der Waals surface area contributed by atoms with Crippen LogP contribution in [-0.4, -0.2) is 69.6 Å². The minimum Gasteiger partial charge on any atom is -0.495 e. The van der Waals surface area contributed by atoms with Crippen molar-refractivity contribution in [2.45, 2.75) is 19.4 Å². The van der Waals surface area contributed by atoms with Gasteiger partial charge in [-0.3, -0.25) is 24.0 Å². The highest BCUT2D eigenvalue weighted by molar-refractivity contribution is 7.92. The molecule has 2 rings (SSSR count). The van der Waals surface area contributed by atoms with Crippen molar-refractivity contribution >= 4 is 33.2 Å². The van der Waals surface area contributed by atoms with Gasteiger partial charge in [-0.2, -0.15) is 0 Å². The fourth-order valence-electron chi connectivity index (χ4n) is 3.36. The summed E-state index contributed by atoms with van der Waals surface area (Å²) in [5.74, 6) is -1.02. The number of carbonyl (C=O) groups is 2. The maximum Gasteiger partial charge on any atom is 0.271 e. The number of amides is 2. The molecule has 0 spiro atoms. The number of nitrogens with one attached hydrogen (secondary N) is 1. The predicted molar refractivity (Wildman–Crippen MR) is 127 cm³/mol. The number of nitro benzene ring substituents is 1. The number of hydrogen-bond donors (Lipinski definition) is 1. The lowest BCUT2D eigenvalue weighted by molar-refractivity contribution is -0.384. The Kier molecular flexibility index (Phi) is 8.96. The molecule has 11 nitrogen and oxygen atoms in total. The SMILES string of the molecule is CNC(=O)[C@H](C)N(CCc1ccccc1)C(=O)CN(c1cc([N+](=O)[O-])ccc1OC)S(C)(=O)=O. The molecule has 0 aliphatic carbocycles. The first-order valence-electron chi connectivity index (χ1n) is 10.3. The fraction of sp³-hybridized carbons (Fsp3) is 0.364. The van der Waals surface area contributed by atoms with Crippen molar-refractivity contribution in [2.24, 2.45) is 0 Å². The van der Waals surface area contributed by atoms with Crippen LogP contribution in [0.5, 0.6) is 5.75 Å². The van der Waals surface area contributed by atoms with Crippen LogP contribution in [0, 0.1) is 10.1 Å². The molecule has 184 valence electrons. The maximum absolute atomic E-state index is 13.3. The van der Waals surface area contributed by atoms with E-state index in [4.69, 9.17) is 4.74 Å². The van der Waals surface area contributed by atoms with Gasteiger partial charge in [-0.05, 0) is 25.0 Å². The van der Waals surface area contributed by atoms with E-state index in [1.54, 1.807) is 6.92 Å². The number of carbonyl (C=O) groups excluding carboxylic acids is 2. The van der Waals surface area contributed by atoms with E-state index in [-0.39, 0.29) is 23.7 Å². The first-order chi connectivity index (χ1) is 16.0. The van der Waals surface area contributed by atoms with Crippen LogP contribution in [0.25, 0.3) is 0 Å². The molecule has 2 aromatic rings. The Morgan fingerprint density at radius 2 is 1.82 bits per heavy atom. The van der Waals surface area contributed by atoms with Gasteiger partial charge in [0, 0.05) is 25.7 Å². The highest BCUT2D eigenvalue weighted by Crippen LogP contribution is 2.33. The van der Waals surface area contributed by atoms with Crippen molar-refractivity contribution in [2.75, 3.05) is 37.8 Å². The summed E-state index contributed by atoms with van der Waals surface area (Å²) in [5.41, 5.74) is 0.421. The van der Waals surface area contributed by atoms with E-state index < -0.39 is 39.3 Å². The molecular weight excluding hydrogens is 464 g/mol. The van der Waals surface area contributed by atoms with E-state index in [1.165, 1.54) is 31.2 Å². The number of anilines is 1. The number of sulfonamides is 1. The maximum atomic E-state index is 13.3. The van der Waals surface area contributed by atoms with Crippen LogP contribution in [0.3, 0.4) is 0 Å². The molecule has 2 amide bonds. The molecule has 0 radical (unpaired) electrons. The second-order valence-corrected chi connectivity index (χ2v) is 9.40. The molecule has 0 aromatic heterocycles. The zero-order valence-corrected chi connectivity index (χ0v) is 20.2. The summed E-state index contributed by atoms with van der Waals surface area (Å²) >= 11 is 0. The number of rotatable bonds is 11. The number of hydrogen-bond acceptors (Lipinski definition) is 7. The number of non-ortho nitro benzene ring substituents is 1. The molecule has 1 N–H and O–H groups in total. The van der Waals surface area contributed by atoms with Crippen LogP contribution >= 0.6 is 0 Å². The van der Waals surface area contributed by atoms with E-state index in [0.717, 1.165) is 22.2 Å². The molecule has 0 heterocycles. The van der Waals surface area contributed by atoms with Gasteiger partial charge in [0.05, 0.1) is 18.3 Å². The second-order valence-electron chi connectivity index (χ2n) is 7.50. The summed E-state index contributed by atoms with van der Waals surface area (Å²) in [7, 11) is -1.33. The van der Waals surface area contributed by atoms with Crippen molar-refractivity contribution in [1.82, 2.24) is 10.2 Å². The van der Waals surface area contributed by atoms with Gasteiger partial charge in [0.15, 0.2) is 0 Å². The van der Waals surface area contributed by atoms with Gasteiger partial charge in [-0.15, -0.1) is 0 Å². The molecule has 0 fully saturated rings. The standard InChI is InChI=1S/C22H28N4O7S/c1-16(22(28)23-2)24(13-12-17-8-6-5-7-9-17)21(27)15-25(34(4,31)32)19-14-18(26(29)30)10-11-20(19)33-3/h5-11,14,16H,12-13,15H2,1-4H3,(H,23,28)/t16-/m0/s1. The summed E-state index contributed by atoms with van der Waals surface area (Å²) in [6, 6.07) is 11.9. The van der Waals surface area contributed by atoms with Gasteiger partial charge in [-0.25, -0.2) is 8.42 Å². The van der Waals surface area contributed by atoms with Gasteiger partial charge < -0.3 is 15.0 Å². The zero-order chi connectivity index (χ0) is 25.5. The molecule has 0 bridgehead atoms. The van der Waals surface area contributed by atoms with Gasteiger partial charge in [0.1, 0.15) is 24.0 Å². The second kappa shape index (κ2) is 11.5. The summed E-state index contributed by atoms with van der Waals surface area (Å²) in [4.78, 5) is 37.5. The average molecular weight is 493 g/mol. The first kappa shape index (κ1) is 26.6. The van der Waals surface area contributed by atoms with Crippen LogP contribution in [0.15, 0.2) is 48.5 Å². The monoisotopic (exact) mass is 492 g/mol. The molecule has 0 unspecified atom stereocenters. The molecule has 12 heteroatoms. The third kappa shape index (κ3) is 6.67. The van der Waals surface area contributed by atoms with Crippen molar-refractivity contribution in [1.29, 1.82) is 0 Å². The molecule has 0 saturated carbocycles. The minimum atomic E-state index is -4.06. The highest BCUT2D eigenvalue weighted by Gasteiger charge is 2.31. The lowest BCUT2D eigenvalue weighted by Crippen LogP contribution is -2.51. The Labute approximate surface area is 198 Å². The van der Waals surface area contributed by atoms with Crippen LogP contribution in [0.4, 0.5) is 11.4 Å². The van der Waals surface area contributed by atoms with Crippen LogP contribution in [0.2, 0.25) is 0 Å². The molecule has 0 aliphatic heterocycles. The molecule has 0 saturated heterocycles. The Morgan fingerprint density at radius 1 is 1.18 bits per heavy atom. The average Bonchev–Trinajstić information content (AvgIpc) is 2.81. The van der Waals surface area contributed by atoms with E-state index >= 15 is 0 Å². The third-order valence-corrected chi connectivity index (χ3v) is 6.35. The third-order valence-electron chi connectivity index (χ3n) is 5.22. The van der Waals surface area contributed by atoms with Crippen LogP contribution in [-0.2, 0) is 26.0 Å². The Hall–Kier alpha value is -3.67. The molecular formula is C22H28N4O7S. The topological polar surface area (TPSA) is 139 Å². The number of likely N-dealkylation sites (N-methyl/N-ethyl adjacent to an activating group) is 1. The van der Waals surface area contributed by atoms with Crippen LogP contribution in [0.1, 0.15) is 12.5 Å². The fourth-order valence-corrected chi connectivity index (χ4v) is 4.21. The predicted octanol–water partition coefficient (Wildman–Crippen LogP) is 1.58. The molecule has 1 atom stereocenters. The summed E-state index contributed by atoms with van der Waals surface area (Å²) in [6.45, 7) is 1.02. The van der Waals surface area contributed by atoms with Crippen molar-refractivity contribution < 1.29 is 27.7 Å². The van der Waals surface area contributed by atoms with Crippen LogP contribution < -0.4 is 14.4 Å². The summed E-state index contributed by atoms with van der Waals surface area (Å²) in [6.07, 6.45) is 1.32. The highest BCUT2D eigenvalue weighted by atomic mass is 32.2. The molecule has 2 aromatic carbocycles. The quantitative estimate of drug-likeness (QED) is 0.371. The lowest BCUT2D eigenvalue weighted by atomic mass is 10.1. The van der Waals surface area contributed by atoms with E-state index in [9.17, 15) is 28.1 Å². The zero-order valence-electron chi connectivity index (χ0n) is 19.4. The largest absolute Gasteiger partial charge is 0.495 e. The minimum absolute atomic E-state index is 0.0408. The normalized spacial score (nSPS) is 11.9. The van der Waals surface area contributed by atoms with Crippen molar-refractivity contribution in [3.05, 3.63) is 64.2 Å². The van der Waals surface area contributed by atoms with Crippen molar-refractivity contribution in [3.63, 3.8) is 0 Å². The van der Waals surface area contributed by atoms with Gasteiger partial charge in [0.2, 0.25) is 21.8 Å². The Morgan fingerprint density at radius 3 is 2.35 bits per heavy atom. The van der Waals surface area contributed by atoms with Gasteiger partial charge in [0.25, 0.3) is 5.69 Å². The van der Waals surface area contributed by atoms with E-state index in [0.29, 0.717) is 6.42 Å². The Balaban J connectivity index is 2.43. The van der Waals surface area contributed by atoms with E-state index in [2.05, 4.69) is 5.32 Å². The molecule has 0 aliphatic rings. The number of nitrogens with zero attached hydrogens (tertiary/aromatic N) is 3. The summed E-state index contributed by atoms with van der Waals surface area (Å²) < 4.78 is 31.2. The van der Waals surface area contributed by atoms with E-state index in [1.807, 2.05) is 30.3 Å². The number of benzene rings is 2. The number of nitro groups is 1. The lowest BCUT2D eigenvalue weighted by Gasteiger charge is -2.31. The summed E-state index contributed by atoms with van der Waals surface area (Å²) in [5, 5.41) is 13.7. The number of methoxy groups -OCH3 is 1.